The number of benzene rings is 1. The van der Waals surface area contributed by atoms with E-state index in [1.165, 1.54) is 7.05 Å². The smallest absolute Gasteiger partial charge is 0.321 e. The van der Waals surface area contributed by atoms with Crippen molar-refractivity contribution in [3.63, 3.8) is 0 Å². The lowest BCUT2D eigenvalue weighted by atomic mass is 10.2. The molecule has 6 nitrogen and oxygen atoms in total. The van der Waals surface area contributed by atoms with Crippen LogP contribution in [0.25, 0.3) is 0 Å². The number of urea groups is 1. The highest BCUT2D eigenvalue weighted by molar-refractivity contribution is 6.31. The van der Waals surface area contributed by atoms with Crippen LogP contribution in [0, 0.1) is 0 Å². The minimum atomic E-state index is -0.548. The van der Waals surface area contributed by atoms with Crippen molar-refractivity contribution in [1.29, 1.82) is 0 Å². The van der Waals surface area contributed by atoms with Crippen molar-refractivity contribution in [2.75, 3.05) is 14.2 Å². The number of nitrogens with one attached hydrogen (secondary N) is 3. The van der Waals surface area contributed by atoms with Crippen LogP contribution in [0.4, 0.5) is 4.79 Å². The molecule has 110 valence electrons. The van der Waals surface area contributed by atoms with E-state index in [0.29, 0.717) is 17.3 Å². The van der Waals surface area contributed by atoms with Crippen molar-refractivity contribution in [3.8, 4) is 5.75 Å². The first kappa shape index (κ1) is 16.3. The maximum atomic E-state index is 11.7. The lowest BCUT2D eigenvalue weighted by molar-refractivity contribution is -0.121. The Balaban J connectivity index is 2.63. The van der Waals surface area contributed by atoms with Gasteiger partial charge in [0, 0.05) is 24.2 Å². The van der Waals surface area contributed by atoms with Gasteiger partial charge in [0.1, 0.15) is 5.75 Å². The number of rotatable bonds is 5. The Morgan fingerprint density at radius 2 is 2.10 bits per heavy atom. The van der Waals surface area contributed by atoms with Crippen molar-refractivity contribution < 1.29 is 14.3 Å². The quantitative estimate of drug-likeness (QED) is 0.765. The van der Waals surface area contributed by atoms with Gasteiger partial charge in [-0.15, -0.1) is 0 Å². The molecule has 0 aromatic heterocycles. The zero-order chi connectivity index (χ0) is 15.1. The predicted octanol–water partition coefficient (Wildman–Crippen LogP) is 1.28. The second-order valence-corrected chi connectivity index (χ2v) is 4.50. The van der Waals surface area contributed by atoms with Crippen LogP contribution in [0.3, 0.4) is 0 Å². The Kier molecular flexibility index (Phi) is 6.27. The fourth-order valence-corrected chi connectivity index (χ4v) is 1.76. The van der Waals surface area contributed by atoms with E-state index in [2.05, 4.69) is 16.0 Å². The molecule has 0 bridgehead atoms. The van der Waals surface area contributed by atoms with E-state index >= 15 is 0 Å². The Morgan fingerprint density at radius 1 is 1.40 bits per heavy atom. The van der Waals surface area contributed by atoms with Crippen LogP contribution in [0.5, 0.6) is 5.75 Å². The Labute approximate surface area is 122 Å². The Hall–Kier alpha value is -1.79. The fraction of sp³-hybridized carbons (Fsp3) is 0.385. The van der Waals surface area contributed by atoms with E-state index in [1.807, 2.05) is 0 Å². The summed E-state index contributed by atoms with van der Waals surface area (Å²) in [4.78, 5) is 22.7. The lowest BCUT2D eigenvalue weighted by Crippen LogP contribution is -2.47. The second kappa shape index (κ2) is 7.72. The van der Waals surface area contributed by atoms with Crippen LogP contribution in [-0.2, 0) is 11.3 Å². The summed E-state index contributed by atoms with van der Waals surface area (Å²) in [6, 6.07) is 4.23. The van der Waals surface area contributed by atoms with E-state index < -0.39 is 18.0 Å². The van der Waals surface area contributed by atoms with Gasteiger partial charge in [-0.2, -0.15) is 0 Å². The molecule has 0 aliphatic carbocycles. The van der Waals surface area contributed by atoms with Crippen LogP contribution in [0.15, 0.2) is 18.2 Å². The molecule has 0 aliphatic heterocycles. The van der Waals surface area contributed by atoms with Gasteiger partial charge in [-0.25, -0.2) is 4.79 Å². The molecule has 0 heterocycles. The third-order valence-corrected chi connectivity index (χ3v) is 3.09. The fourth-order valence-electron chi connectivity index (χ4n) is 1.53. The summed E-state index contributed by atoms with van der Waals surface area (Å²) in [5.41, 5.74) is 0.760. The number of halogens is 1. The molecule has 20 heavy (non-hydrogen) atoms. The number of methoxy groups -OCH3 is 1. The van der Waals surface area contributed by atoms with Gasteiger partial charge in [0.2, 0.25) is 5.91 Å². The molecule has 0 saturated carbocycles. The maximum Gasteiger partial charge on any atom is 0.321 e. The van der Waals surface area contributed by atoms with Crippen molar-refractivity contribution in [1.82, 2.24) is 16.0 Å². The van der Waals surface area contributed by atoms with Gasteiger partial charge in [0.25, 0.3) is 0 Å². The van der Waals surface area contributed by atoms with Gasteiger partial charge in [-0.1, -0.05) is 17.7 Å². The summed E-state index contributed by atoms with van der Waals surface area (Å²) in [5, 5.41) is 8.04. The molecule has 7 heteroatoms. The highest BCUT2D eigenvalue weighted by Crippen LogP contribution is 2.25. The monoisotopic (exact) mass is 299 g/mol. The zero-order valence-corrected chi connectivity index (χ0v) is 12.4. The van der Waals surface area contributed by atoms with Gasteiger partial charge in [-0.05, 0) is 19.1 Å². The van der Waals surface area contributed by atoms with E-state index in [9.17, 15) is 9.59 Å². The molecule has 0 spiro atoms. The largest absolute Gasteiger partial charge is 0.496 e. The van der Waals surface area contributed by atoms with Crippen molar-refractivity contribution in [2.24, 2.45) is 0 Å². The Bertz CT molecular complexity index is 494. The minimum Gasteiger partial charge on any atom is -0.496 e. The molecule has 1 unspecified atom stereocenters. The van der Waals surface area contributed by atoms with E-state index in [0.717, 1.165) is 5.56 Å². The van der Waals surface area contributed by atoms with Crippen molar-refractivity contribution in [2.45, 2.75) is 19.5 Å². The second-order valence-electron chi connectivity index (χ2n) is 4.09. The van der Waals surface area contributed by atoms with E-state index in [4.69, 9.17) is 16.3 Å². The molecule has 3 N–H and O–H groups in total. The average molecular weight is 300 g/mol. The van der Waals surface area contributed by atoms with Gasteiger partial charge in [0.05, 0.1) is 13.2 Å². The van der Waals surface area contributed by atoms with Gasteiger partial charge >= 0.3 is 6.03 Å². The van der Waals surface area contributed by atoms with Crippen LogP contribution in [0.2, 0.25) is 5.02 Å². The normalized spacial score (nSPS) is 11.6. The third-order valence-electron chi connectivity index (χ3n) is 2.74. The molecular formula is C13H18ClN3O3. The van der Waals surface area contributed by atoms with Crippen LogP contribution in [0.1, 0.15) is 12.5 Å². The highest BCUT2D eigenvalue weighted by atomic mass is 35.5. The van der Waals surface area contributed by atoms with Gasteiger partial charge in [-0.3, -0.25) is 10.1 Å². The highest BCUT2D eigenvalue weighted by Gasteiger charge is 2.16. The third kappa shape index (κ3) is 4.40. The first-order valence-corrected chi connectivity index (χ1v) is 6.44. The summed E-state index contributed by atoms with van der Waals surface area (Å²) in [6.07, 6.45) is 0. The molecule has 1 aromatic rings. The maximum absolute atomic E-state index is 11.7. The molecule has 3 amide bonds. The molecule has 0 aliphatic rings. The Morgan fingerprint density at radius 3 is 2.70 bits per heavy atom. The van der Waals surface area contributed by atoms with Crippen LogP contribution in [-0.4, -0.2) is 32.1 Å². The SMILES string of the molecule is CNC(=O)NC(=O)C(C)NCc1c(Cl)cccc1OC. The van der Waals surface area contributed by atoms with Gasteiger partial charge < -0.3 is 15.4 Å². The summed E-state index contributed by atoms with van der Waals surface area (Å²) < 4.78 is 5.21. The van der Waals surface area contributed by atoms with E-state index in [1.54, 1.807) is 32.2 Å². The molecule has 0 radical (unpaired) electrons. The predicted molar refractivity (Wildman–Crippen MR) is 76.9 cm³/mol. The molecule has 0 saturated heterocycles. The summed E-state index contributed by atoms with van der Waals surface area (Å²) in [7, 11) is 2.99. The number of carbonyl (C=O) groups excluding carboxylic acids is 2. The molecule has 0 fully saturated rings. The number of hydrogen-bond acceptors (Lipinski definition) is 4. The number of carbonyl (C=O) groups is 2. The average Bonchev–Trinajstić information content (AvgIpc) is 2.44. The topological polar surface area (TPSA) is 79.5 Å². The molecule has 1 atom stereocenters. The van der Waals surface area contributed by atoms with Gasteiger partial charge in [0.15, 0.2) is 0 Å². The van der Waals surface area contributed by atoms with Crippen molar-refractivity contribution >= 4 is 23.5 Å². The van der Waals surface area contributed by atoms with Crippen molar-refractivity contribution in [3.05, 3.63) is 28.8 Å². The lowest BCUT2D eigenvalue weighted by Gasteiger charge is -2.15. The minimum absolute atomic E-state index is 0.352. The van der Waals surface area contributed by atoms with Crippen LogP contribution >= 0.6 is 11.6 Å². The summed E-state index contributed by atoms with van der Waals surface area (Å²) >= 11 is 6.09. The number of imide groups is 1. The number of hydrogen-bond donors (Lipinski definition) is 3. The standard InChI is InChI=1S/C13H18ClN3O3/c1-8(12(18)17-13(19)15-2)16-7-9-10(14)5-4-6-11(9)20-3/h4-6,8,16H,7H2,1-3H3,(H2,15,17,18,19). The number of amides is 3. The zero-order valence-electron chi connectivity index (χ0n) is 11.6. The first-order valence-electron chi connectivity index (χ1n) is 6.07. The summed E-state index contributed by atoms with van der Waals surface area (Å²) in [5.74, 6) is 0.222. The molecule has 1 rings (SSSR count). The van der Waals surface area contributed by atoms with E-state index in [-0.39, 0.29) is 0 Å². The molecular weight excluding hydrogens is 282 g/mol. The molecule has 1 aromatic carbocycles. The first-order chi connectivity index (χ1) is 9.49. The summed E-state index contributed by atoms with van der Waals surface area (Å²) in [6.45, 7) is 2.01. The van der Waals surface area contributed by atoms with Crippen LogP contribution < -0.4 is 20.7 Å². The number of ether oxygens (including phenoxy) is 1.